The number of hydrogen-bond acceptors (Lipinski definition) is 5. The van der Waals surface area contributed by atoms with Crippen molar-refractivity contribution in [1.29, 1.82) is 0 Å². The summed E-state index contributed by atoms with van der Waals surface area (Å²) in [6, 6.07) is 13.5. The Morgan fingerprint density at radius 1 is 1.13 bits per heavy atom. The van der Waals surface area contributed by atoms with Gasteiger partial charge < -0.3 is 10.1 Å². The van der Waals surface area contributed by atoms with E-state index in [4.69, 9.17) is 4.74 Å². The summed E-state index contributed by atoms with van der Waals surface area (Å²) >= 11 is 1.53. The molecule has 6 nitrogen and oxygen atoms in total. The van der Waals surface area contributed by atoms with Gasteiger partial charge in [0.1, 0.15) is 12.3 Å². The van der Waals surface area contributed by atoms with Crippen molar-refractivity contribution in [2.24, 2.45) is 0 Å². The van der Waals surface area contributed by atoms with Crippen LogP contribution >= 0.6 is 11.8 Å². The van der Waals surface area contributed by atoms with Crippen LogP contribution in [-0.4, -0.2) is 39.8 Å². The Labute approximate surface area is 184 Å². The van der Waals surface area contributed by atoms with Crippen molar-refractivity contribution in [3.63, 3.8) is 0 Å². The summed E-state index contributed by atoms with van der Waals surface area (Å²) in [4.78, 5) is 13.8. The Balaban J connectivity index is 2.46. The number of nitrogens with one attached hydrogen (secondary N) is 1. The molecule has 0 aliphatic carbocycles. The zero-order valence-corrected chi connectivity index (χ0v) is 19.6. The second kappa shape index (κ2) is 11.3. The highest BCUT2D eigenvalue weighted by molar-refractivity contribution is 7.98. The van der Waals surface area contributed by atoms with Crippen LogP contribution in [0.25, 0.3) is 0 Å². The van der Waals surface area contributed by atoms with Crippen molar-refractivity contribution < 1.29 is 17.9 Å². The molecule has 1 N–H and O–H groups in total. The maximum absolute atomic E-state index is 13.5. The van der Waals surface area contributed by atoms with E-state index in [-0.39, 0.29) is 23.4 Å². The van der Waals surface area contributed by atoms with E-state index in [2.05, 4.69) is 5.32 Å². The van der Waals surface area contributed by atoms with Crippen LogP contribution in [0, 0.1) is 0 Å². The van der Waals surface area contributed by atoms with Gasteiger partial charge in [0.2, 0.25) is 5.91 Å². The van der Waals surface area contributed by atoms with Crippen LogP contribution in [0.5, 0.6) is 5.75 Å². The lowest BCUT2D eigenvalue weighted by atomic mass is 10.2. The normalized spacial score (nSPS) is 12.3. The lowest BCUT2D eigenvalue weighted by Gasteiger charge is -2.26. The molecule has 0 fully saturated rings. The van der Waals surface area contributed by atoms with Gasteiger partial charge in [-0.05, 0) is 62.9 Å². The first kappa shape index (κ1) is 24.1. The maximum Gasteiger partial charge on any atom is 0.264 e. The summed E-state index contributed by atoms with van der Waals surface area (Å²) in [5.74, 6) is 0.0604. The number of carbonyl (C=O) groups is 1. The number of benzene rings is 2. The van der Waals surface area contributed by atoms with Gasteiger partial charge in [0.25, 0.3) is 10.0 Å². The molecule has 0 radical (unpaired) electrons. The van der Waals surface area contributed by atoms with Crippen LogP contribution in [0.2, 0.25) is 0 Å². The fourth-order valence-electron chi connectivity index (χ4n) is 3.07. The number of nitrogens with zero attached hydrogens (tertiary/aromatic N) is 1. The fourth-order valence-corrected chi connectivity index (χ4v) is 4.91. The molecule has 8 heteroatoms. The molecule has 0 heterocycles. The molecule has 2 rings (SSSR count). The first-order chi connectivity index (χ1) is 14.3. The van der Waals surface area contributed by atoms with Crippen LogP contribution in [-0.2, 0) is 14.8 Å². The van der Waals surface area contributed by atoms with Crippen molar-refractivity contribution in [1.82, 2.24) is 5.32 Å². The number of carbonyl (C=O) groups excluding carboxylic acids is 1. The number of sulfonamides is 1. The van der Waals surface area contributed by atoms with Crippen molar-refractivity contribution in [3.8, 4) is 5.75 Å². The average molecular weight is 451 g/mol. The molecule has 0 spiro atoms. The van der Waals surface area contributed by atoms with E-state index in [1.165, 1.54) is 11.8 Å². The second-order valence-corrected chi connectivity index (χ2v) is 9.59. The lowest BCUT2D eigenvalue weighted by molar-refractivity contribution is -0.120. The van der Waals surface area contributed by atoms with Gasteiger partial charge >= 0.3 is 0 Å². The molecule has 0 saturated heterocycles. The van der Waals surface area contributed by atoms with Gasteiger partial charge in [-0.2, -0.15) is 0 Å². The number of amides is 1. The highest BCUT2D eigenvalue weighted by atomic mass is 32.2. The molecule has 30 heavy (non-hydrogen) atoms. The summed E-state index contributed by atoms with van der Waals surface area (Å²) in [6.07, 6.45) is 3.68. The van der Waals surface area contributed by atoms with Gasteiger partial charge in [0, 0.05) is 10.9 Å². The number of para-hydroxylation sites is 2. The van der Waals surface area contributed by atoms with Crippen molar-refractivity contribution in [2.45, 2.75) is 49.4 Å². The fraction of sp³-hybridized carbons (Fsp3) is 0.409. The SMILES string of the molecule is CCC[C@H](C)NC(=O)CN(c1ccccc1OCC)S(=O)(=O)c1ccc(SC)cc1. The molecule has 0 aliphatic heterocycles. The number of hydrogen-bond donors (Lipinski definition) is 1. The summed E-state index contributed by atoms with van der Waals surface area (Å²) in [5, 5.41) is 2.89. The molecule has 2 aromatic rings. The Morgan fingerprint density at radius 3 is 2.40 bits per heavy atom. The van der Waals surface area contributed by atoms with E-state index in [1.807, 2.05) is 27.0 Å². The number of ether oxygens (including phenoxy) is 1. The highest BCUT2D eigenvalue weighted by Crippen LogP contribution is 2.32. The van der Waals surface area contributed by atoms with Gasteiger partial charge in [-0.15, -0.1) is 11.8 Å². The van der Waals surface area contributed by atoms with E-state index >= 15 is 0 Å². The predicted molar refractivity (Wildman–Crippen MR) is 123 cm³/mol. The molecule has 0 aliphatic rings. The summed E-state index contributed by atoms with van der Waals surface area (Å²) in [7, 11) is -3.98. The first-order valence-electron chi connectivity index (χ1n) is 10.0. The summed E-state index contributed by atoms with van der Waals surface area (Å²) < 4.78 is 33.8. The molecule has 0 unspecified atom stereocenters. The molecule has 1 amide bonds. The molecule has 0 aromatic heterocycles. The van der Waals surface area contributed by atoms with Gasteiger partial charge in [-0.1, -0.05) is 25.5 Å². The van der Waals surface area contributed by atoms with Crippen LogP contribution in [0.1, 0.15) is 33.6 Å². The average Bonchev–Trinajstić information content (AvgIpc) is 2.73. The molecule has 164 valence electrons. The van der Waals surface area contributed by atoms with Crippen LogP contribution in [0.4, 0.5) is 5.69 Å². The maximum atomic E-state index is 13.5. The van der Waals surface area contributed by atoms with Gasteiger partial charge in [0.05, 0.1) is 17.2 Å². The van der Waals surface area contributed by atoms with E-state index in [0.717, 1.165) is 22.0 Å². The van der Waals surface area contributed by atoms with Crippen molar-refractivity contribution >= 4 is 33.4 Å². The number of rotatable bonds is 11. The Kier molecular flexibility index (Phi) is 9.05. The topological polar surface area (TPSA) is 75.7 Å². The van der Waals surface area contributed by atoms with Gasteiger partial charge in [-0.3, -0.25) is 9.10 Å². The third kappa shape index (κ3) is 6.15. The largest absolute Gasteiger partial charge is 0.492 e. The van der Waals surface area contributed by atoms with E-state index in [1.54, 1.807) is 48.5 Å². The van der Waals surface area contributed by atoms with Crippen molar-refractivity contribution in [2.75, 3.05) is 23.7 Å². The molecule has 1 atom stereocenters. The van der Waals surface area contributed by atoms with Crippen LogP contribution < -0.4 is 14.4 Å². The van der Waals surface area contributed by atoms with Gasteiger partial charge in [-0.25, -0.2) is 8.42 Å². The van der Waals surface area contributed by atoms with Crippen molar-refractivity contribution in [3.05, 3.63) is 48.5 Å². The predicted octanol–water partition coefficient (Wildman–Crippen LogP) is 4.31. The highest BCUT2D eigenvalue weighted by Gasteiger charge is 2.29. The smallest absolute Gasteiger partial charge is 0.264 e. The molecular weight excluding hydrogens is 420 g/mol. The van der Waals surface area contributed by atoms with E-state index < -0.39 is 10.0 Å². The van der Waals surface area contributed by atoms with Gasteiger partial charge in [0.15, 0.2) is 0 Å². The van der Waals surface area contributed by atoms with Crippen LogP contribution in [0.3, 0.4) is 0 Å². The Morgan fingerprint density at radius 2 is 1.80 bits per heavy atom. The molecule has 0 saturated carbocycles. The molecular formula is C22H30N2O4S2. The van der Waals surface area contributed by atoms with E-state index in [9.17, 15) is 13.2 Å². The minimum Gasteiger partial charge on any atom is -0.492 e. The summed E-state index contributed by atoms with van der Waals surface area (Å²) in [5.41, 5.74) is 0.339. The quantitative estimate of drug-likeness (QED) is 0.517. The van der Waals surface area contributed by atoms with Crippen LogP contribution in [0.15, 0.2) is 58.3 Å². The molecule has 0 bridgehead atoms. The lowest BCUT2D eigenvalue weighted by Crippen LogP contribution is -2.43. The third-order valence-electron chi connectivity index (χ3n) is 4.50. The number of thioether (sulfide) groups is 1. The third-order valence-corrected chi connectivity index (χ3v) is 7.02. The second-order valence-electron chi connectivity index (χ2n) is 6.85. The van der Waals surface area contributed by atoms with E-state index in [0.29, 0.717) is 18.0 Å². The first-order valence-corrected chi connectivity index (χ1v) is 12.7. The standard InChI is InChI=1S/C22H30N2O4S2/c1-5-9-17(3)23-22(25)16-24(20-10-7-8-11-21(20)28-6-2)30(26,27)19-14-12-18(29-4)13-15-19/h7-8,10-15,17H,5-6,9,16H2,1-4H3,(H,23,25)/t17-/m0/s1. The zero-order chi connectivity index (χ0) is 22.1. The monoisotopic (exact) mass is 450 g/mol. The Hall–Kier alpha value is -2.19. The minimum absolute atomic E-state index is 0.0324. The Bertz CT molecular complexity index is 930. The summed E-state index contributed by atoms with van der Waals surface area (Å²) in [6.45, 7) is 5.83. The number of anilines is 1. The minimum atomic E-state index is -3.98. The zero-order valence-electron chi connectivity index (χ0n) is 17.9. The molecule has 2 aromatic carbocycles.